The number of fused-ring (bicyclic) bond motifs is 1. The van der Waals surface area contributed by atoms with Crippen molar-refractivity contribution in [3.05, 3.63) is 89.7 Å². The molecule has 1 aliphatic heterocycles. The van der Waals surface area contributed by atoms with Gasteiger partial charge in [0.2, 0.25) is 5.91 Å². The van der Waals surface area contributed by atoms with Crippen molar-refractivity contribution < 1.29 is 14.3 Å². The zero-order chi connectivity index (χ0) is 23.4. The molecule has 1 N–H and O–H groups in total. The van der Waals surface area contributed by atoms with Crippen molar-refractivity contribution in [2.45, 2.75) is 32.2 Å². The molecule has 4 rings (SSSR count). The van der Waals surface area contributed by atoms with Crippen LogP contribution in [0.2, 0.25) is 0 Å². The van der Waals surface area contributed by atoms with Crippen LogP contribution in [-0.4, -0.2) is 30.5 Å². The molecule has 33 heavy (non-hydrogen) atoms. The maximum absolute atomic E-state index is 13.8. The fourth-order valence-electron chi connectivity index (χ4n) is 4.33. The number of pyridine rings is 1. The fraction of sp³-hybridized carbons (Fsp3) is 0.296. The number of rotatable bonds is 7. The van der Waals surface area contributed by atoms with Crippen molar-refractivity contribution in [2.24, 2.45) is 5.92 Å². The number of hydrogen-bond acceptors (Lipinski definition) is 4. The molecular weight excluding hydrogens is 414 g/mol. The summed E-state index contributed by atoms with van der Waals surface area (Å²) < 4.78 is 5.30. The van der Waals surface area contributed by atoms with E-state index in [4.69, 9.17) is 4.74 Å². The lowest BCUT2D eigenvalue weighted by Gasteiger charge is -2.41. The minimum absolute atomic E-state index is 0.0945. The number of hydrogen-bond donors (Lipinski definition) is 1. The van der Waals surface area contributed by atoms with Crippen molar-refractivity contribution in [3.8, 4) is 5.75 Å². The zero-order valence-corrected chi connectivity index (χ0v) is 19.2. The van der Waals surface area contributed by atoms with E-state index in [1.165, 1.54) is 0 Å². The summed E-state index contributed by atoms with van der Waals surface area (Å²) in [4.78, 5) is 33.4. The number of methoxy groups -OCH3 is 1. The number of aromatic nitrogens is 1. The molecule has 0 aliphatic carbocycles. The van der Waals surface area contributed by atoms with Gasteiger partial charge in [-0.05, 0) is 59.9 Å². The summed E-state index contributed by atoms with van der Waals surface area (Å²) in [5.74, 6) is 0.371. The molecule has 0 fully saturated rings. The Kier molecular flexibility index (Phi) is 6.73. The molecule has 0 radical (unpaired) electrons. The third-order valence-corrected chi connectivity index (χ3v) is 6.02. The molecule has 2 atom stereocenters. The number of nitrogens with zero attached hydrogens (tertiary/aromatic N) is 2. The van der Waals surface area contributed by atoms with E-state index in [0.29, 0.717) is 29.5 Å². The van der Waals surface area contributed by atoms with E-state index in [1.807, 2.05) is 54.6 Å². The lowest BCUT2D eigenvalue weighted by atomic mass is 9.79. The molecule has 1 aliphatic rings. The number of amides is 2. The maximum Gasteiger partial charge on any atom is 0.259 e. The second-order valence-electron chi connectivity index (χ2n) is 8.64. The fourth-order valence-corrected chi connectivity index (χ4v) is 4.33. The molecule has 0 saturated heterocycles. The van der Waals surface area contributed by atoms with Gasteiger partial charge in [-0.25, -0.2) is 0 Å². The van der Waals surface area contributed by atoms with Crippen LogP contribution < -0.4 is 15.0 Å². The summed E-state index contributed by atoms with van der Waals surface area (Å²) in [7, 11) is 1.60. The van der Waals surface area contributed by atoms with E-state index in [0.717, 1.165) is 17.5 Å². The highest BCUT2D eigenvalue weighted by Gasteiger charge is 2.44. The average Bonchev–Trinajstić information content (AvgIpc) is 2.84. The number of nitrogens with one attached hydrogen (secondary N) is 1. The molecule has 170 valence electrons. The van der Waals surface area contributed by atoms with E-state index in [2.05, 4.69) is 24.1 Å². The highest BCUT2D eigenvalue weighted by Crippen LogP contribution is 2.45. The van der Waals surface area contributed by atoms with E-state index in [-0.39, 0.29) is 11.8 Å². The van der Waals surface area contributed by atoms with Crippen LogP contribution in [0.15, 0.2) is 73.1 Å². The van der Waals surface area contributed by atoms with Gasteiger partial charge in [-0.2, -0.15) is 0 Å². The normalized spacial score (nSPS) is 17.6. The lowest BCUT2D eigenvalue weighted by molar-refractivity contribution is -0.123. The van der Waals surface area contributed by atoms with Gasteiger partial charge in [0.1, 0.15) is 5.75 Å². The highest BCUT2D eigenvalue weighted by atomic mass is 16.5. The van der Waals surface area contributed by atoms with E-state index < -0.39 is 12.0 Å². The van der Waals surface area contributed by atoms with Gasteiger partial charge in [0.25, 0.3) is 5.91 Å². The smallest absolute Gasteiger partial charge is 0.259 e. The Morgan fingerprint density at radius 2 is 1.85 bits per heavy atom. The van der Waals surface area contributed by atoms with Gasteiger partial charge in [-0.1, -0.05) is 38.1 Å². The van der Waals surface area contributed by atoms with Crippen LogP contribution >= 0.6 is 0 Å². The summed E-state index contributed by atoms with van der Waals surface area (Å²) >= 11 is 0. The number of benzene rings is 2. The van der Waals surface area contributed by atoms with Crippen LogP contribution in [0.1, 0.15) is 53.7 Å². The molecule has 0 unspecified atom stereocenters. The van der Waals surface area contributed by atoms with E-state index in [1.54, 1.807) is 30.5 Å². The summed E-state index contributed by atoms with van der Waals surface area (Å²) in [5.41, 5.74) is 2.78. The van der Waals surface area contributed by atoms with Gasteiger partial charge < -0.3 is 10.1 Å². The van der Waals surface area contributed by atoms with Crippen molar-refractivity contribution in [1.29, 1.82) is 0 Å². The lowest BCUT2D eigenvalue weighted by Crippen LogP contribution is -2.47. The van der Waals surface area contributed by atoms with Crippen molar-refractivity contribution in [3.63, 3.8) is 0 Å². The van der Waals surface area contributed by atoms with Crippen LogP contribution in [0.4, 0.5) is 5.69 Å². The van der Waals surface area contributed by atoms with Gasteiger partial charge in [0.05, 0.1) is 19.1 Å². The largest absolute Gasteiger partial charge is 0.497 e. The molecule has 2 heterocycles. The topological polar surface area (TPSA) is 71.5 Å². The predicted molar refractivity (Wildman–Crippen MR) is 128 cm³/mol. The first-order valence-electron chi connectivity index (χ1n) is 11.3. The Hall–Kier alpha value is -3.67. The van der Waals surface area contributed by atoms with Crippen LogP contribution in [0.25, 0.3) is 0 Å². The monoisotopic (exact) mass is 443 g/mol. The van der Waals surface area contributed by atoms with Gasteiger partial charge in [-0.3, -0.25) is 19.5 Å². The first-order chi connectivity index (χ1) is 16.0. The Bertz CT molecular complexity index is 1110. The molecule has 0 saturated carbocycles. The predicted octanol–water partition coefficient (Wildman–Crippen LogP) is 4.74. The van der Waals surface area contributed by atoms with Crippen LogP contribution in [-0.2, 0) is 4.79 Å². The van der Waals surface area contributed by atoms with Crippen LogP contribution in [0, 0.1) is 5.92 Å². The maximum atomic E-state index is 13.8. The van der Waals surface area contributed by atoms with Gasteiger partial charge >= 0.3 is 0 Å². The second-order valence-corrected chi connectivity index (χ2v) is 8.64. The molecule has 0 bridgehead atoms. The number of ether oxygens (including phenoxy) is 1. The van der Waals surface area contributed by atoms with Gasteiger partial charge in [0, 0.05) is 30.2 Å². The number of anilines is 1. The third kappa shape index (κ3) is 4.60. The number of carbonyl (C=O) groups excluding carboxylic acids is 2. The minimum Gasteiger partial charge on any atom is -0.497 e. The first kappa shape index (κ1) is 22.5. The molecule has 0 spiro atoms. The standard InChI is InChI=1S/C27H29N3O3/c1-18(2)14-16-29-26(31)24-22-8-4-5-9-23(22)27(32)30(20-10-12-21(33-3)13-11-20)25(24)19-7-6-15-28-17-19/h4-13,15,17-18,24-25H,14,16H2,1-3H3,(H,29,31)/t24-,25+/m0/s1. The minimum atomic E-state index is -0.572. The van der Waals surface area contributed by atoms with Crippen LogP contribution in [0.3, 0.4) is 0 Å². The molecular formula is C27H29N3O3. The molecule has 2 amide bonds. The molecule has 6 heteroatoms. The second kappa shape index (κ2) is 9.86. The quantitative estimate of drug-likeness (QED) is 0.573. The Balaban J connectivity index is 1.85. The SMILES string of the molecule is COc1ccc(N2C(=O)c3ccccc3[C@H](C(=O)NCCC(C)C)[C@H]2c2cccnc2)cc1. The van der Waals surface area contributed by atoms with E-state index in [9.17, 15) is 9.59 Å². The Morgan fingerprint density at radius 1 is 1.09 bits per heavy atom. The molecule has 6 nitrogen and oxygen atoms in total. The van der Waals surface area contributed by atoms with E-state index >= 15 is 0 Å². The zero-order valence-electron chi connectivity index (χ0n) is 19.2. The van der Waals surface area contributed by atoms with Gasteiger partial charge in [0.15, 0.2) is 0 Å². The van der Waals surface area contributed by atoms with Crippen LogP contribution in [0.5, 0.6) is 5.75 Å². The van der Waals surface area contributed by atoms with Crippen molar-refractivity contribution >= 4 is 17.5 Å². The molecule has 3 aromatic rings. The highest BCUT2D eigenvalue weighted by molar-refractivity contribution is 6.11. The molecule has 1 aromatic heterocycles. The van der Waals surface area contributed by atoms with Crippen molar-refractivity contribution in [2.75, 3.05) is 18.6 Å². The Labute approximate surface area is 194 Å². The van der Waals surface area contributed by atoms with Crippen molar-refractivity contribution in [1.82, 2.24) is 10.3 Å². The summed E-state index contributed by atoms with van der Waals surface area (Å²) in [6.45, 7) is 4.85. The number of carbonyl (C=O) groups is 2. The Morgan fingerprint density at radius 3 is 2.52 bits per heavy atom. The third-order valence-electron chi connectivity index (χ3n) is 6.02. The summed E-state index contributed by atoms with van der Waals surface area (Å²) in [6.07, 6.45) is 4.31. The summed E-state index contributed by atoms with van der Waals surface area (Å²) in [6, 6.07) is 17.9. The van der Waals surface area contributed by atoms with Gasteiger partial charge in [-0.15, -0.1) is 0 Å². The summed E-state index contributed by atoms with van der Waals surface area (Å²) in [5, 5.41) is 3.11. The first-order valence-corrected chi connectivity index (χ1v) is 11.3. The molecule has 2 aromatic carbocycles. The average molecular weight is 444 g/mol.